The van der Waals surface area contributed by atoms with Gasteiger partial charge in [-0.3, -0.25) is 19.9 Å². The second-order valence-electron chi connectivity index (χ2n) is 16.2. The minimum Gasteiger partial charge on any atom is -0.495 e. The summed E-state index contributed by atoms with van der Waals surface area (Å²) >= 11 is 0. The van der Waals surface area contributed by atoms with Crippen LogP contribution in [0.5, 0.6) is 11.5 Å². The molecule has 12 nitrogen and oxygen atoms in total. The summed E-state index contributed by atoms with van der Waals surface area (Å²) < 4.78 is 10.8. The number of nitro benzene ring substituents is 1. The zero-order valence-electron chi connectivity index (χ0n) is 32.1. The molecular weight excluding hydrogens is 656 g/mol. The van der Waals surface area contributed by atoms with E-state index in [4.69, 9.17) is 15.2 Å². The number of likely N-dealkylation sites (N-methyl/N-ethyl adjacent to an activating group) is 2. The molecule has 2 aliphatic carbocycles. The number of ether oxygens (including phenoxy) is 2. The van der Waals surface area contributed by atoms with Gasteiger partial charge in [-0.05, 0) is 94.5 Å². The van der Waals surface area contributed by atoms with Gasteiger partial charge in [0, 0.05) is 120 Å². The number of nitrogens with zero attached hydrogens (tertiary/aromatic N) is 7. The summed E-state index contributed by atoms with van der Waals surface area (Å²) in [5.74, 6) is 2.37. The van der Waals surface area contributed by atoms with Crippen LogP contribution in [-0.2, 0) is 0 Å². The first kappa shape index (κ1) is 37.0. The van der Waals surface area contributed by atoms with Gasteiger partial charge >= 0.3 is 5.69 Å². The van der Waals surface area contributed by atoms with Gasteiger partial charge < -0.3 is 34.8 Å². The molecular formula is C40H62N8O4. The molecule has 2 N–H and O–H groups in total. The summed E-state index contributed by atoms with van der Waals surface area (Å²) in [6.07, 6.45) is 9.72. The van der Waals surface area contributed by atoms with Crippen LogP contribution in [0, 0.1) is 10.1 Å². The molecule has 2 aromatic carbocycles. The Balaban J connectivity index is 0.000000162. The van der Waals surface area contributed by atoms with Gasteiger partial charge in [0.1, 0.15) is 5.75 Å². The minimum atomic E-state index is -0.325. The van der Waals surface area contributed by atoms with Gasteiger partial charge in [0.05, 0.1) is 24.8 Å². The number of rotatable bonds is 9. The van der Waals surface area contributed by atoms with Crippen LogP contribution in [0.4, 0.5) is 22.7 Å². The topological polar surface area (TPSA) is 107 Å². The van der Waals surface area contributed by atoms with Crippen LogP contribution >= 0.6 is 0 Å². The lowest BCUT2D eigenvalue weighted by Crippen LogP contribution is -2.52. The smallest absolute Gasteiger partial charge is 0.311 e. The van der Waals surface area contributed by atoms with Crippen LogP contribution in [-0.4, -0.2) is 143 Å². The summed E-state index contributed by atoms with van der Waals surface area (Å²) in [5, 5.41) is 11.4. The predicted octanol–water partition coefficient (Wildman–Crippen LogP) is 5.07. The molecule has 0 unspecified atom stereocenters. The molecule has 4 heterocycles. The number of nitro groups is 1. The predicted molar refractivity (Wildman–Crippen MR) is 210 cm³/mol. The number of nitrogens with two attached hydrogens (primary N) is 1. The van der Waals surface area contributed by atoms with E-state index in [0.29, 0.717) is 23.6 Å². The summed E-state index contributed by atoms with van der Waals surface area (Å²) in [5.41, 5.74) is 12.1. The molecule has 2 aromatic rings. The van der Waals surface area contributed by atoms with Crippen molar-refractivity contribution >= 4 is 22.7 Å². The molecule has 0 amide bonds. The first-order valence-corrected chi connectivity index (χ1v) is 19.9. The fourth-order valence-corrected chi connectivity index (χ4v) is 8.97. The molecule has 4 aliphatic heterocycles. The Morgan fingerprint density at radius 1 is 0.596 bits per heavy atom. The largest absolute Gasteiger partial charge is 0.495 e. The molecule has 6 fully saturated rings. The third-order valence-electron chi connectivity index (χ3n) is 12.7. The molecule has 0 radical (unpaired) electrons. The zero-order valence-corrected chi connectivity index (χ0v) is 32.1. The van der Waals surface area contributed by atoms with E-state index in [-0.39, 0.29) is 10.6 Å². The van der Waals surface area contributed by atoms with E-state index >= 15 is 0 Å². The molecule has 0 bridgehead atoms. The van der Waals surface area contributed by atoms with E-state index in [9.17, 15) is 10.1 Å². The first-order valence-electron chi connectivity index (χ1n) is 19.9. The normalized spacial score (nSPS) is 23.3. The maximum absolute atomic E-state index is 11.4. The number of anilines is 3. The Bertz CT molecular complexity index is 1520. The van der Waals surface area contributed by atoms with Crippen molar-refractivity contribution in [2.45, 2.75) is 75.3 Å². The number of methoxy groups -OCH3 is 2. The number of benzene rings is 2. The molecule has 0 spiro atoms. The van der Waals surface area contributed by atoms with Gasteiger partial charge in [-0.2, -0.15) is 0 Å². The van der Waals surface area contributed by atoms with Crippen molar-refractivity contribution in [3.63, 3.8) is 0 Å². The Morgan fingerprint density at radius 3 is 1.38 bits per heavy atom. The van der Waals surface area contributed by atoms with E-state index in [0.717, 1.165) is 93.7 Å². The Morgan fingerprint density at radius 2 is 1.00 bits per heavy atom. The molecule has 0 atom stereocenters. The van der Waals surface area contributed by atoms with E-state index < -0.39 is 0 Å². The fraction of sp³-hybridized carbons (Fsp3) is 0.700. The highest BCUT2D eigenvalue weighted by Gasteiger charge is 2.35. The Labute approximate surface area is 310 Å². The van der Waals surface area contributed by atoms with Crippen LogP contribution in [0.15, 0.2) is 24.3 Å². The summed E-state index contributed by atoms with van der Waals surface area (Å²) in [7, 11) is 7.66. The third-order valence-corrected chi connectivity index (χ3v) is 12.7. The Hall–Kier alpha value is -3.32. The van der Waals surface area contributed by atoms with E-state index in [1.54, 1.807) is 13.2 Å². The average Bonchev–Trinajstić information content (AvgIpc) is 4.10. The van der Waals surface area contributed by atoms with E-state index in [1.165, 1.54) is 83.3 Å². The minimum absolute atomic E-state index is 0.0930. The third kappa shape index (κ3) is 8.56. The van der Waals surface area contributed by atoms with Gasteiger partial charge in [-0.1, -0.05) is 0 Å². The molecule has 8 rings (SSSR count). The lowest BCUT2D eigenvalue weighted by Gasteiger charge is -2.43. The van der Waals surface area contributed by atoms with Gasteiger partial charge in [0.25, 0.3) is 0 Å². The number of hydrogen-bond donors (Lipinski definition) is 1. The van der Waals surface area contributed by atoms with Crippen LogP contribution < -0.4 is 25.0 Å². The number of piperazine rings is 2. The van der Waals surface area contributed by atoms with Crippen molar-refractivity contribution in [3.8, 4) is 11.5 Å². The second kappa shape index (κ2) is 16.4. The van der Waals surface area contributed by atoms with Gasteiger partial charge in [-0.15, -0.1) is 0 Å². The first-order chi connectivity index (χ1) is 25.2. The lowest BCUT2D eigenvalue weighted by molar-refractivity contribution is -0.385. The number of hydrogen-bond acceptors (Lipinski definition) is 11. The molecule has 6 aliphatic rings. The van der Waals surface area contributed by atoms with E-state index in [1.807, 2.05) is 6.07 Å². The molecule has 12 heteroatoms. The van der Waals surface area contributed by atoms with Gasteiger partial charge in [-0.25, -0.2) is 0 Å². The van der Waals surface area contributed by atoms with Crippen molar-refractivity contribution < 1.29 is 14.4 Å². The van der Waals surface area contributed by atoms with Crippen LogP contribution in [0.3, 0.4) is 0 Å². The highest BCUT2D eigenvalue weighted by atomic mass is 16.6. The molecule has 286 valence electrons. The van der Waals surface area contributed by atoms with Crippen molar-refractivity contribution in [1.29, 1.82) is 0 Å². The van der Waals surface area contributed by atoms with Crippen molar-refractivity contribution in [2.24, 2.45) is 0 Å². The SMILES string of the molecule is COc1cc(N2CCC(N3CCN(C)CC3)CC2)c(C2CC2)cc1N.COc1cc(N2CCC(N3CCN(C)CC3)CC2)c(C2CC2)cc1[N+](=O)[O-]. The van der Waals surface area contributed by atoms with Crippen molar-refractivity contribution in [1.82, 2.24) is 19.6 Å². The molecule has 2 saturated carbocycles. The maximum Gasteiger partial charge on any atom is 0.311 e. The van der Waals surface area contributed by atoms with E-state index in [2.05, 4.69) is 55.6 Å². The van der Waals surface area contributed by atoms with Gasteiger partial charge in [0.15, 0.2) is 5.75 Å². The highest BCUT2D eigenvalue weighted by molar-refractivity contribution is 5.69. The molecule has 0 aromatic heterocycles. The number of nitrogen functional groups attached to an aromatic ring is 1. The molecule has 52 heavy (non-hydrogen) atoms. The average molecular weight is 719 g/mol. The summed E-state index contributed by atoms with van der Waals surface area (Å²) in [6, 6.07) is 9.43. The van der Waals surface area contributed by atoms with Gasteiger partial charge in [0.2, 0.25) is 0 Å². The zero-order chi connectivity index (χ0) is 36.4. The van der Waals surface area contributed by atoms with Crippen LogP contribution in [0.1, 0.15) is 74.3 Å². The maximum atomic E-state index is 11.4. The highest BCUT2D eigenvalue weighted by Crippen LogP contribution is 2.49. The lowest BCUT2D eigenvalue weighted by atomic mass is 9.99. The summed E-state index contributed by atoms with van der Waals surface area (Å²) in [4.78, 5) is 26.3. The van der Waals surface area contributed by atoms with Crippen molar-refractivity contribution in [2.75, 3.05) is 122 Å². The monoisotopic (exact) mass is 718 g/mol. The fourth-order valence-electron chi connectivity index (χ4n) is 8.97. The molecule has 4 saturated heterocycles. The summed E-state index contributed by atoms with van der Waals surface area (Å²) in [6.45, 7) is 13.8. The number of piperidine rings is 2. The van der Waals surface area contributed by atoms with Crippen molar-refractivity contribution in [3.05, 3.63) is 45.5 Å². The van der Waals surface area contributed by atoms with Crippen LogP contribution in [0.25, 0.3) is 0 Å². The standard InChI is InChI=1S/C20H30N4O3.C20H32N4O/c1-21-9-11-22(12-10-21)16-5-7-23(8-6-16)18-14-20(27-2)19(24(25)26)13-17(18)15-3-4-15;1-22-9-11-23(12-10-22)16-5-7-24(8-6-16)19-14-20(25-2)18(21)13-17(19)15-3-4-15/h13-16H,3-12H2,1-2H3;13-16H,3-12,21H2,1-2H3. The second-order valence-corrected chi connectivity index (χ2v) is 16.2. The quantitative estimate of drug-likeness (QED) is 0.214. The Kier molecular flexibility index (Phi) is 11.6. The van der Waals surface area contributed by atoms with Crippen LogP contribution in [0.2, 0.25) is 0 Å².